The van der Waals surface area contributed by atoms with Crippen LogP contribution in [0.5, 0.6) is 0 Å². The van der Waals surface area contributed by atoms with Crippen molar-refractivity contribution >= 4 is 17.5 Å². The summed E-state index contributed by atoms with van der Waals surface area (Å²) in [6.07, 6.45) is 9.85. The maximum absolute atomic E-state index is 12.0. The predicted octanol–water partition coefficient (Wildman–Crippen LogP) is 4.85. The molecule has 2 aliphatic rings. The number of piperazine rings is 1. The molecule has 1 heterocycles. The first-order valence-corrected chi connectivity index (χ1v) is 15.7. The number of rotatable bonds is 17. The number of hydrogen-bond donors (Lipinski definition) is 3. The number of nitrogens with zero attached hydrogens (tertiary/aromatic N) is 2. The Morgan fingerprint density at radius 2 is 1.38 bits per heavy atom. The van der Waals surface area contributed by atoms with Gasteiger partial charge in [0.25, 0.3) is 0 Å². The van der Waals surface area contributed by atoms with Crippen LogP contribution in [0.1, 0.15) is 89.5 Å². The number of unbranched alkanes of at least 4 members (excludes halogenated alkanes) is 3. The van der Waals surface area contributed by atoms with Gasteiger partial charge in [-0.1, -0.05) is 38.8 Å². The highest BCUT2D eigenvalue weighted by atomic mass is 16.2. The van der Waals surface area contributed by atoms with E-state index in [1.165, 1.54) is 30.5 Å². The number of anilines is 1. The third-order valence-corrected chi connectivity index (χ3v) is 8.90. The Bertz CT molecular complexity index is 845. The fourth-order valence-electron chi connectivity index (χ4n) is 6.07. The van der Waals surface area contributed by atoms with Crippen molar-refractivity contribution in [1.29, 1.82) is 0 Å². The molecule has 2 atom stereocenters. The highest BCUT2D eigenvalue weighted by Crippen LogP contribution is 2.42. The molecule has 0 bridgehead atoms. The summed E-state index contributed by atoms with van der Waals surface area (Å²) >= 11 is 0. The third-order valence-electron chi connectivity index (χ3n) is 8.90. The Balaban J connectivity index is 1.16. The lowest BCUT2D eigenvalue weighted by Crippen LogP contribution is -2.47. The zero-order valence-electron chi connectivity index (χ0n) is 25.0. The van der Waals surface area contributed by atoms with Crippen molar-refractivity contribution in [3.63, 3.8) is 0 Å². The second kappa shape index (κ2) is 17.5. The molecule has 2 amide bonds. The van der Waals surface area contributed by atoms with Gasteiger partial charge in [0.05, 0.1) is 0 Å². The first kappa shape index (κ1) is 31.4. The van der Waals surface area contributed by atoms with Crippen molar-refractivity contribution in [1.82, 2.24) is 20.4 Å². The lowest BCUT2D eigenvalue weighted by Gasteiger charge is -2.34. The molecule has 1 saturated carbocycles. The van der Waals surface area contributed by atoms with Crippen LogP contribution in [-0.2, 0) is 9.59 Å². The molecule has 220 valence electrons. The summed E-state index contributed by atoms with van der Waals surface area (Å²) in [6.45, 7) is 13.3. The number of benzene rings is 1. The highest BCUT2D eigenvalue weighted by Gasteiger charge is 2.29. The Morgan fingerprint density at radius 3 is 2.00 bits per heavy atom. The number of nitrogens with one attached hydrogen (secondary N) is 3. The van der Waals surface area contributed by atoms with E-state index >= 15 is 0 Å². The summed E-state index contributed by atoms with van der Waals surface area (Å²) < 4.78 is 0. The Hall–Kier alpha value is -2.12. The van der Waals surface area contributed by atoms with Crippen molar-refractivity contribution in [2.24, 2.45) is 11.8 Å². The van der Waals surface area contributed by atoms with E-state index in [0.29, 0.717) is 12.8 Å². The van der Waals surface area contributed by atoms with Crippen molar-refractivity contribution < 1.29 is 9.59 Å². The molecule has 0 radical (unpaired) electrons. The topological polar surface area (TPSA) is 76.7 Å². The SMILES string of the molecule is CNC(=O)CCCCCCC(=O)NCCCN1CCN(CCCNc2cccc(C3CC(C)C(C)C3)c2)CC1. The lowest BCUT2D eigenvalue weighted by molar-refractivity contribution is -0.122. The van der Waals surface area contributed by atoms with Gasteiger partial charge in [0, 0.05) is 64.8 Å². The fraction of sp³-hybridized carbons (Fsp3) is 0.750. The fourth-order valence-corrected chi connectivity index (χ4v) is 6.07. The molecule has 1 aromatic carbocycles. The van der Waals surface area contributed by atoms with Crippen LogP contribution in [0.2, 0.25) is 0 Å². The van der Waals surface area contributed by atoms with E-state index in [2.05, 4.69) is 63.9 Å². The summed E-state index contributed by atoms with van der Waals surface area (Å²) in [4.78, 5) is 28.4. The van der Waals surface area contributed by atoms with Crippen LogP contribution in [-0.4, -0.2) is 81.0 Å². The molecule has 3 N–H and O–H groups in total. The monoisotopic (exact) mass is 541 g/mol. The predicted molar refractivity (Wildman–Crippen MR) is 162 cm³/mol. The van der Waals surface area contributed by atoms with E-state index in [0.717, 1.165) is 102 Å². The minimum atomic E-state index is 0.0993. The quantitative estimate of drug-likeness (QED) is 0.246. The van der Waals surface area contributed by atoms with E-state index in [9.17, 15) is 9.59 Å². The first-order valence-electron chi connectivity index (χ1n) is 15.7. The van der Waals surface area contributed by atoms with E-state index in [4.69, 9.17) is 0 Å². The van der Waals surface area contributed by atoms with Gasteiger partial charge in [-0.25, -0.2) is 0 Å². The molecule has 3 rings (SSSR count). The number of carbonyl (C=O) groups is 2. The minimum Gasteiger partial charge on any atom is -0.385 e. The third kappa shape index (κ3) is 11.9. The Morgan fingerprint density at radius 1 is 0.795 bits per heavy atom. The van der Waals surface area contributed by atoms with Crippen molar-refractivity contribution in [3.05, 3.63) is 29.8 Å². The molecule has 0 aromatic heterocycles. The maximum atomic E-state index is 12.0. The van der Waals surface area contributed by atoms with Crippen LogP contribution in [0.25, 0.3) is 0 Å². The summed E-state index contributed by atoms with van der Waals surface area (Å²) in [7, 11) is 1.67. The molecule has 7 nitrogen and oxygen atoms in total. The molecular weight excluding hydrogens is 486 g/mol. The Labute approximate surface area is 237 Å². The van der Waals surface area contributed by atoms with Gasteiger partial charge in [-0.2, -0.15) is 0 Å². The number of carbonyl (C=O) groups excluding carboxylic acids is 2. The van der Waals surface area contributed by atoms with Gasteiger partial charge in [0.15, 0.2) is 0 Å². The average molecular weight is 542 g/mol. The molecule has 2 unspecified atom stereocenters. The second-order valence-corrected chi connectivity index (χ2v) is 12.0. The number of amides is 2. The van der Waals surface area contributed by atoms with E-state index in [-0.39, 0.29) is 11.8 Å². The van der Waals surface area contributed by atoms with Crippen LogP contribution in [0.15, 0.2) is 24.3 Å². The van der Waals surface area contributed by atoms with Gasteiger partial charge in [-0.3, -0.25) is 9.59 Å². The van der Waals surface area contributed by atoms with E-state index in [1.807, 2.05) is 0 Å². The zero-order valence-corrected chi connectivity index (χ0v) is 25.0. The van der Waals surface area contributed by atoms with E-state index < -0.39 is 0 Å². The normalized spacial score (nSPS) is 22.1. The zero-order chi connectivity index (χ0) is 27.9. The Kier molecular flexibility index (Phi) is 14.1. The van der Waals surface area contributed by atoms with Crippen molar-refractivity contribution in [2.45, 2.75) is 84.0 Å². The van der Waals surface area contributed by atoms with Crippen LogP contribution in [0.3, 0.4) is 0 Å². The second-order valence-electron chi connectivity index (χ2n) is 12.0. The van der Waals surface area contributed by atoms with E-state index in [1.54, 1.807) is 7.05 Å². The summed E-state index contributed by atoms with van der Waals surface area (Å²) in [5.41, 5.74) is 2.78. The van der Waals surface area contributed by atoms with Crippen LogP contribution in [0, 0.1) is 11.8 Å². The van der Waals surface area contributed by atoms with Gasteiger partial charge < -0.3 is 25.8 Å². The summed E-state index contributed by atoms with van der Waals surface area (Å²) in [6, 6.07) is 9.13. The summed E-state index contributed by atoms with van der Waals surface area (Å²) in [5, 5.41) is 9.38. The lowest BCUT2D eigenvalue weighted by atomic mass is 9.96. The average Bonchev–Trinajstić information content (AvgIpc) is 3.29. The molecular formula is C32H55N5O2. The van der Waals surface area contributed by atoms with Gasteiger partial charge in [-0.05, 0) is 87.1 Å². The standard InChI is InChI=1S/C32H55N5O2/c1-26-23-29(24-27(26)2)28-11-8-12-30(25-28)34-15-9-17-36-19-21-37(22-20-36)18-10-16-35-32(39)14-7-5-4-6-13-31(38)33-3/h8,11-12,25-27,29,34H,4-7,9-10,13-24H2,1-3H3,(H,33,38)(H,35,39). The van der Waals surface area contributed by atoms with Crippen LogP contribution in [0.4, 0.5) is 5.69 Å². The molecule has 39 heavy (non-hydrogen) atoms. The van der Waals surface area contributed by atoms with Gasteiger partial charge >= 0.3 is 0 Å². The molecule has 1 aliphatic heterocycles. The molecule has 7 heteroatoms. The van der Waals surface area contributed by atoms with Gasteiger partial charge in [0.2, 0.25) is 11.8 Å². The highest BCUT2D eigenvalue weighted by molar-refractivity contribution is 5.76. The maximum Gasteiger partial charge on any atom is 0.219 e. The molecule has 1 aromatic rings. The van der Waals surface area contributed by atoms with Gasteiger partial charge in [0.1, 0.15) is 0 Å². The van der Waals surface area contributed by atoms with Crippen molar-refractivity contribution in [3.8, 4) is 0 Å². The molecule has 0 spiro atoms. The molecule has 1 aliphatic carbocycles. The van der Waals surface area contributed by atoms with Crippen LogP contribution < -0.4 is 16.0 Å². The van der Waals surface area contributed by atoms with Crippen LogP contribution >= 0.6 is 0 Å². The summed E-state index contributed by atoms with van der Waals surface area (Å²) in [5.74, 6) is 2.67. The smallest absolute Gasteiger partial charge is 0.219 e. The minimum absolute atomic E-state index is 0.0993. The first-order chi connectivity index (χ1) is 18.9. The number of hydrogen-bond acceptors (Lipinski definition) is 5. The largest absolute Gasteiger partial charge is 0.385 e. The molecule has 1 saturated heterocycles. The van der Waals surface area contributed by atoms with Crippen molar-refractivity contribution in [2.75, 3.05) is 64.7 Å². The molecule has 2 fully saturated rings. The van der Waals surface area contributed by atoms with Gasteiger partial charge in [-0.15, -0.1) is 0 Å².